The van der Waals surface area contributed by atoms with Crippen LogP contribution in [0.5, 0.6) is 5.75 Å². The Hall–Kier alpha value is -3.89. The van der Waals surface area contributed by atoms with Crippen molar-refractivity contribution in [3.8, 4) is 5.75 Å². The molecule has 0 saturated carbocycles. The zero-order valence-electron chi connectivity index (χ0n) is 24.6. The van der Waals surface area contributed by atoms with Crippen LogP contribution >= 0.6 is 0 Å². The predicted molar refractivity (Wildman–Crippen MR) is 160 cm³/mol. The Kier molecular flexibility index (Phi) is 11.4. The van der Waals surface area contributed by atoms with Crippen LogP contribution in [0.2, 0.25) is 0 Å². The molecule has 2 bridgehead atoms. The van der Waals surface area contributed by atoms with Gasteiger partial charge in [-0.1, -0.05) is 30.3 Å². The Morgan fingerprint density at radius 1 is 1.00 bits per heavy atom. The molecule has 0 radical (unpaired) electrons. The number of ether oxygens (including phenoxy) is 2. The minimum absolute atomic E-state index is 0.0692. The standard InChI is InChI=1S/C32H42N4O6/c1-23-26-7-3-4-8-27(26)42-28(23)20-35-31(39)32(14-18-40-2)19-24-10-12-25(13-11-24)41-21-30(38)34-17-6-16-33-15-5-9-29(37)36-22-32/h3-4,7-8,10-13,33H,5-6,9,14-22H2,1-2H3,(H,34,38)(H,35,39)(H,36,37). The van der Waals surface area contributed by atoms with E-state index in [1.54, 1.807) is 19.2 Å². The highest BCUT2D eigenvalue weighted by atomic mass is 16.5. The third-order valence-corrected chi connectivity index (χ3v) is 7.69. The fraction of sp³-hybridized carbons (Fsp3) is 0.469. The van der Waals surface area contributed by atoms with E-state index in [1.807, 2.05) is 43.3 Å². The maximum atomic E-state index is 14.0. The molecule has 2 aliphatic rings. The van der Waals surface area contributed by atoms with E-state index in [1.165, 1.54) is 0 Å². The van der Waals surface area contributed by atoms with Gasteiger partial charge in [-0.2, -0.15) is 0 Å². The number of methoxy groups -OCH3 is 1. The first-order valence-corrected chi connectivity index (χ1v) is 14.6. The van der Waals surface area contributed by atoms with Crippen LogP contribution in [0, 0.1) is 12.3 Å². The summed E-state index contributed by atoms with van der Waals surface area (Å²) in [6.45, 7) is 4.60. The van der Waals surface area contributed by atoms with Crippen molar-refractivity contribution in [3.63, 3.8) is 0 Å². The van der Waals surface area contributed by atoms with Crippen molar-refractivity contribution in [1.82, 2.24) is 21.3 Å². The predicted octanol–water partition coefficient (Wildman–Crippen LogP) is 3.01. The quantitative estimate of drug-likeness (QED) is 0.354. The van der Waals surface area contributed by atoms with Gasteiger partial charge in [0, 0.05) is 44.2 Å². The molecule has 2 aromatic carbocycles. The number of aryl methyl sites for hydroxylation is 1. The van der Waals surface area contributed by atoms with Gasteiger partial charge >= 0.3 is 0 Å². The largest absolute Gasteiger partial charge is 0.484 e. The highest BCUT2D eigenvalue weighted by Crippen LogP contribution is 2.30. The molecule has 42 heavy (non-hydrogen) atoms. The Bertz CT molecular complexity index is 1340. The molecule has 0 spiro atoms. The zero-order valence-corrected chi connectivity index (χ0v) is 24.6. The first-order chi connectivity index (χ1) is 20.4. The van der Waals surface area contributed by atoms with Crippen molar-refractivity contribution >= 4 is 28.7 Å². The smallest absolute Gasteiger partial charge is 0.257 e. The summed E-state index contributed by atoms with van der Waals surface area (Å²) in [4.78, 5) is 39.0. The van der Waals surface area contributed by atoms with Crippen molar-refractivity contribution in [3.05, 3.63) is 65.4 Å². The summed E-state index contributed by atoms with van der Waals surface area (Å²) in [6.07, 6.45) is 2.54. The van der Waals surface area contributed by atoms with Gasteiger partial charge in [0.2, 0.25) is 11.8 Å². The SMILES string of the molecule is COCCC1(C(=O)NCc2oc3ccccc3c2C)CNC(=O)CCCNCCCNC(=O)COc2ccc(cc2)C1. The number of hydrogen-bond acceptors (Lipinski definition) is 7. The van der Waals surface area contributed by atoms with Crippen LogP contribution in [0.4, 0.5) is 0 Å². The van der Waals surface area contributed by atoms with Crippen LogP contribution in [-0.4, -0.2) is 64.2 Å². The summed E-state index contributed by atoms with van der Waals surface area (Å²) in [7, 11) is 1.60. The Morgan fingerprint density at radius 3 is 2.57 bits per heavy atom. The number of nitrogens with one attached hydrogen (secondary N) is 4. The summed E-state index contributed by atoms with van der Waals surface area (Å²) in [5.74, 6) is 0.775. The molecule has 2 aliphatic heterocycles. The van der Waals surface area contributed by atoms with Gasteiger partial charge in [-0.15, -0.1) is 0 Å². The Morgan fingerprint density at radius 2 is 1.79 bits per heavy atom. The number of rotatable bonds is 6. The van der Waals surface area contributed by atoms with E-state index in [2.05, 4.69) is 21.3 Å². The molecule has 3 heterocycles. The summed E-state index contributed by atoms with van der Waals surface area (Å²) < 4.78 is 17.1. The highest BCUT2D eigenvalue weighted by molar-refractivity contribution is 5.85. The van der Waals surface area contributed by atoms with Crippen LogP contribution in [-0.2, 0) is 32.1 Å². The molecule has 3 amide bonds. The average molecular weight is 579 g/mol. The molecule has 5 rings (SSSR count). The molecule has 0 fully saturated rings. The second-order valence-corrected chi connectivity index (χ2v) is 10.8. The second kappa shape index (κ2) is 15.4. The maximum absolute atomic E-state index is 14.0. The van der Waals surface area contributed by atoms with Gasteiger partial charge in [0.15, 0.2) is 6.61 Å². The normalized spacial score (nSPS) is 19.5. The second-order valence-electron chi connectivity index (χ2n) is 10.8. The summed E-state index contributed by atoms with van der Waals surface area (Å²) in [5, 5.41) is 13.3. The molecule has 10 nitrogen and oxygen atoms in total. The van der Waals surface area contributed by atoms with Crippen molar-refractivity contribution < 1.29 is 28.3 Å². The van der Waals surface area contributed by atoms with E-state index < -0.39 is 5.41 Å². The van der Waals surface area contributed by atoms with Gasteiger partial charge in [-0.3, -0.25) is 14.4 Å². The van der Waals surface area contributed by atoms with E-state index in [0.29, 0.717) is 56.9 Å². The van der Waals surface area contributed by atoms with Crippen LogP contribution in [0.1, 0.15) is 42.6 Å². The molecule has 1 atom stereocenters. The fourth-order valence-corrected chi connectivity index (χ4v) is 5.14. The van der Waals surface area contributed by atoms with Crippen molar-refractivity contribution in [2.24, 2.45) is 5.41 Å². The van der Waals surface area contributed by atoms with Gasteiger partial charge < -0.3 is 35.2 Å². The number of furan rings is 1. The van der Waals surface area contributed by atoms with Gasteiger partial charge in [0.05, 0.1) is 12.0 Å². The minimum Gasteiger partial charge on any atom is -0.484 e. The lowest BCUT2D eigenvalue weighted by Gasteiger charge is -2.33. The monoisotopic (exact) mass is 578 g/mol. The van der Waals surface area contributed by atoms with Gasteiger partial charge in [-0.05, 0) is 69.5 Å². The average Bonchev–Trinajstić information content (AvgIpc) is 3.32. The van der Waals surface area contributed by atoms with Crippen molar-refractivity contribution in [2.75, 3.05) is 46.5 Å². The number of carbonyl (C=O) groups is 3. The maximum Gasteiger partial charge on any atom is 0.257 e. The fourth-order valence-electron chi connectivity index (χ4n) is 5.14. The first-order valence-electron chi connectivity index (χ1n) is 14.6. The number of carbonyl (C=O) groups excluding carboxylic acids is 3. The zero-order chi connectivity index (χ0) is 29.8. The number of hydrogen-bond donors (Lipinski definition) is 4. The molecule has 226 valence electrons. The lowest BCUT2D eigenvalue weighted by atomic mass is 9.77. The number of benzene rings is 2. The van der Waals surface area contributed by atoms with Gasteiger partial charge in [0.1, 0.15) is 17.1 Å². The lowest BCUT2D eigenvalue weighted by Crippen LogP contribution is -2.50. The van der Waals surface area contributed by atoms with E-state index in [9.17, 15) is 14.4 Å². The molecule has 1 unspecified atom stereocenters. The Balaban J connectivity index is 1.56. The number of para-hydroxylation sites is 1. The first kappa shape index (κ1) is 31.1. The molecular weight excluding hydrogens is 536 g/mol. The number of fused-ring (bicyclic) bond motifs is 18. The summed E-state index contributed by atoms with van der Waals surface area (Å²) >= 11 is 0. The van der Waals surface area contributed by atoms with Gasteiger partial charge in [0.25, 0.3) is 5.91 Å². The molecule has 10 heteroatoms. The summed E-state index contributed by atoms with van der Waals surface area (Å²) in [5.41, 5.74) is 1.68. The van der Waals surface area contributed by atoms with E-state index in [4.69, 9.17) is 13.9 Å². The number of amides is 3. The Labute approximate surface area is 246 Å². The lowest BCUT2D eigenvalue weighted by molar-refractivity contribution is -0.133. The van der Waals surface area contributed by atoms with E-state index in [-0.39, 0.29) is 37.4 Å². The van der Waals surface area contributed by atoms with E-state index >= 15 is 0 Å². The van der Waals surface area contributed by atoms with Crippen molar-refractivity contribution in [1.29, 1.82) is 0 Å². The molecule has 4 N–H and O–H groups in total. The summed E-state index contributed by atoms with van der Waals surface area (Å²) in [6, 6.07) is 15.1. The van der Waals surface area contributed by atoms with Crippen LogP contribution in [0.25, 0.3) is 11.0 Å². The van der Waals surface area contributed by atoms with Crippen LogP contribution in [0.15, 0.2) is 52.9 Å². The van der Waals surface area contributed by atoms with Gasteiger partial charge in [-0.25, -0.2) is 0 Å². The molecule has 3 aromatic rings. The van der Waals surface area contributed by atoms with Crippen LogP contribution < -0.4 is 26.0 Å². The van der Waals surface area contributed by atoms with E-state index in [0.717, 1.165) is 35.1 Å². The van der Waals surface area contributed by atoms with Crippen molar-refractivity contribution in [2.45, 2.75) is 45.6 Å². The third kappa shape index (κ3) is 8.56. The topological polar surface area (TPSA) is 131 Å². The molecule has 0 aliphatic carbocycles. The molecular formula is C32H42N4O6. The highest BCUT2D eigenvalue weighted by Gasteiger charge is 2.39. The van der Waals surface area contributed by atoms with Crippen LogP contribution in [0.3, 0.4) is 0 Å². The minimum atomic E-state index is -0.979. The third-order valence-electron chi connectivity index (χ3n) is 7.69. The molecule has 1 aromatic heterocycles. The molecule has 0 saturated heterocycles.